The summed E-state index contributed by atoms with van der Waals surface area (Å²) in [5, 5.41) is 4.31. The molecular formula is C25H25N5O2. The van der Waals surface area contributed by atoms with E-state index in [-0.39, 0.29) is 0 Å². The van der Waals surface area contributed by atoms with Crippen LogP contribution < -0.4 is 16.0 Å². The van der Waals surface area contributed by atoms with E-state index < -0.39 is 5.91 Å². The minimum atomic E-state index is -0.519. The Bertz CT molecular complexity index is 1310. The molecule has 0 spiro atoms. The quantitative estimate of drug-likeness (QED) is 0.493. The molecule has 162 valence electrons. The molecular weight excluding hydrogens is 402 g/mol. The molecule has 0 bridgehead atoms. The summed E-state index contributed by atoms with van der Waals surface area (Å²) in [4.78, 5) is 24.0. The number of carbonyl (C=O) groups excluding carboxylic acids is 1. The maximum atomic E-state index is 11.9. The summed E-state index contributed by atoms with van der Waals surface area (Å²) in [6.07, 6.45) is 1.92. The average Bonchev–Trinajstić information content (AvgIpc) is 3.13. The summed E-state index contributed by atoms with van der Waals surface area (Å²) in [6.45, 7) is 3.49. The molecule has 2 aromatic heterocycles. The fraction of sp³-hybridized carbons (Fsp3) is 0.240. The smallest absolute Gasteiger partial charge is 0.252 e. The number of rotatable bonds is 5. The third-order valence-corrected chi connectivity index (χ3v) is 5.93. The van der Waals surface area contributed by atoms with Gasteiger partial charge >= 0.3 is 0 Å². The highest BCUT2D eigenvalue weighted by Crippen LogP contribution is 2.38. The third kappa shape index (κ3) is 3.45. The second kappa shape index (κ2) is 8.00. The van der Waals surface area contributed by atoms with Crippen molar-refractivity contribution >= 4 is 28.4 Å². The molecule has 2 aromatic carbocycles. The lowest BCUT2D eigenvalue weighted by atomic mass is 10.0. The molecule has 1 aliphatic rings. The largest absolute Gasteiger partial charge is 0.460 e. The zero-order valence-corrected chi connectivity index (χ0v) is 18.2. The molecule has 0 atom stereocenters. The number of hydrogen-bond donors (Lipinski definition) is 2. The molecule has 0 saturated carbocycles. The molecule has 5 rings (SSSR count). The molecule has 0 unspecified atom stereocenters. The van der Waals surface area contributed by atoms with E-state index in [0.717, 1.165) is 47.5 Å². The molecule has 0 saturated heterocycles. The van der Waals surface area contributed by atoms with Crippen molar-refractivity contribution in [3.05, 3.63) is 71.1 Å². The Morgan fingerprint density at radius 2 is 1.97 bits per heavy atom. The number of aromatic nitrogens is 2. The van der Waals surface area contributed by atoms with Crippen molar-refractivity contribution in [2.24, 2.45) is 5.73 Å². The number of aryl methyl sites for hydroxylation is 2. The number of carbonyl (C=O) groups is 1. The average molecular weight is 428 g/mol. The van der Waals surface area contributed by atoms with Crippen LogP contribution in [0.2, 0.25) is 0 Å². The predicted octanol–water partition coefficient (Wildman–Crippen LogP) is 4.29. The Balaban J connectivity index is 1.65. The number of fused-ring (bicyclic) bond motifs is 2. The Morgan fingerprint density at radius 3 is 2.75 bits per heavy atom. The molecule has 1 amide bonds. The summed E-state index contributed by atoms with van der Waals surface area (Å²) in [7, 11) is 2.08. The van der Waals surface area contributed by atoms with Gasteiger partial charge in [-0.2, -0.15) is 0 Å². The maximum absolute atomic E-state index is 11.9. The second-order valence-corrected chi connectivity index (χ2v) is 8.14. The van der Waals surface area contributed by atoms with Gasteiger partial charge < -0.3 is 20.4 Å². The highest BCUT2D eigenvalue weighted by molar-refractivity contribution is 6.08. The number of furan rings is 1. The molecule has 3 heterocycles. The molecule has 1 aliphatic heterocycles. The molecule has 0 fully saturated rings. The van der Waals surface area contributed by atoms with E-state index in [1.165, 1.54) is 5.56 Å². The van der Waals surface area contributed by atoms with Crippen LogP contribution >= 0.6 is 0 Å². The van der Waals surface area contributed by atoms with Gasteiger partial charge in [-0.3, -0.25) is 4.79 Å². The number of hydrogen-bond acceptors (Lipinski definition) is 6. The van der Waals surface area contributed by atoms with Crippen LogP contribution in [-0.2, 0) is 13.0 Å². The van der Waals surface area contributed by atoms with Crippen molar-refractivity contribution in [2.75, 3.05) is 23.8 Å². The fourth-order valence-electron chi connectivity index (χ4n) is 4.40. The third-order valence-electron chi connectivity index (χ3n) is 5.93. The van der Waals surface area contributed by atoms with Gasteiger partial charge in [-0.15, -0.1) is 0 Å². The van der Waals surface area contributed by atoms with Gasteiger partial charge in [0.05, 0.1) is 16.8 Å². The summed E-state index contributed by atoms with van der Waals surface area (Å²) in [5.74, 6) is 1.53. The van der Waals surface area contributed by atoms with Crippen molar-refractivity contribution in [3.63, 3.8) is 0 Å². The SMILES string of the molecule is Cc1oc2c(C(N)=O)cccc2c1-c1nc2c(c(NCc3ccccc3)n1)N(C)CCC2. The fourth-order valence-corrected chi connectivity index (χ4v) is 4.40. The number of para-hydroxylation sites is 1. The monoisotopic (exact) mass is 427 g/mol. The zero-order chi connectivity index (χ0) is 22.2. The highest BCUT2D eigenvalue weighted by atomic mass is 16.3. The van der Waals surface area contributed by atoms with E-state index in [2.05, 4.69) is 29.4 Å². The standard InChI is InChI=1S/C25H25N5O2/c1-15-20(17-10-6-11-18(23(26)31)22(17)32-15)24-28-19-12-7-13-30(2)21(19)25(29-24)27-14-16-8-4-3-5-9-16/h3-6,8-11H,7,12-14H2,1-2H3,(H2,26,31)(H,27,28,29). The second-order valence-electron chi connectivity index (χ2n) is 8.14. The van der Waals surface area contributed by atoms with Crippen LogP contribution in [0.3, 0.4) is 0 Å². The molecule has 7 heteroatoms. The van der Waals surface area contributed by atoms with E-state index in [1.54, 1.807) is 6.07 Å². The molecule has 0 radical (unpaired) electrons. The van der Waals surface area contributed by atoms with Crippen molar-refractivity contribution in [1.82, 2.24) is 9.97 Å². The summed E-state index contributed by atoms with van der Waals surface area (Å²) in [5.41, 5.74) is 10.4. The van der Waals surface area contributed by atoms with Crippen LogP contribution in [0.15, 0.2) is 52.9 Å². The van der Waals surface area contributed by atoms with Gasteiger partial charge in [-0.1, -0.05) is 42.5 Å². The van der Waals surface area contributed by atoms with Crippen LogP contribution in [0.5, 0.6) is 0 Å². The lowest BCUT2D eigenvalue weighted by Crippen LogP contribution is -2.27. The van der Waals surface area contributed by atoms with E-state index in [9.17, 15) is 4.79 Å². The maximum Gasteiger partial charge on any atom is 0.252 e. The van der Waals surface area contributed by atoms with Crippen molar-refractivity contribution < 1.29 is 9.21 Å². The van der Waals surface area contributed by atoms with E-state index in [1.807, 2.05) is 37.3 Å². The Labute approximate surface area is 186 Å². The minimum Gasteiger partial charge on any atom is -0.460 e. The van der Waals surface area contributed by atoms with Crippen molar-refractivity contribution in [3.8, 4) is 11.4 Å². The molecule has 0 aliphatic carbocycles. The predicted molar refractivity (Wildman–Crippen MR) is 126 cm³/mol. The first-order chi connectivity index (χ1) is 15.5. The number of amides is 1. The van der Waals surface area contributed by atoms with Gasteiger partial charge in [-0.25, -0.2) is 9.97 Å². The summed E-state index contributed by atoms with van der Waals surface area (Å²) >= 11 is 0. The van der Waals surface area contributed by atoms with Gasteiger partial charge in [0.15, 0.2) is 11.6 Å². The number of primary amides is 1. The number of nitrogens with one attached hydrogen (secondary N) is 1. The van der Waals surface area contributed by atoms with Crippen LogP contribution in [0.1, 0.15) is 33.8 Å². The molecule has 4 aromatic rings. The number of anilines is 2. The van der Waals surface area contributed by atoms with Crippen molar-refractivity contribution in [1.29, 1.82) is 0 Å². The molecule has 3 N–H and O–H groups in total. The first-order valence-electron chi connectivity index (χ1n) is 10.7. The van der Waals surface area contributed by atoms with Crippen LogP contribution in [-0.4, -0.2) is 29.5 Å². The Hall–Kier alpha value is -3.87. The summed E-state index contributed by atoms with van der Waals surface area (Å²) < 4.78 is 5.97. The van der Waals surface area contributed by atoms with Crippen LogP contribution in [0.25, 0.3) is 22.4 Å². The van der Waals surface area contributed by atoms with Gasteiger partial charge in [0, 0.05) is 25.5 Å². The minimum absolute atomic E-state index is 0.358. The number of nitrogens with two attached hydrogens (primary N) is 1. The topological polar surface area (TPSA) is 97.3 Å². The van der Waals surface area contributed by atoms with Gasteiger partial charge in [-0.05, 0) is 31.4 Å². The number of nitrogens with zero attached hydrogens (tertiary/aromatic N) is 3. The summed E-state index contributed by atoms with van der Waals surface area (Å²) in [6, 6.07) is 15.6. The Kier molecular flexibility index (Phi) is 5.01. The first-order valence-corrected chi connectivity index (χ1v) is 10.7. The van der Waals surface area contributed by atoms with Crippen LogP contribution in [0.4, 0.5) is 11.5 Å². The number of benzene rings is 2. The van der Waals surface area contributed by atoms with E-state index in [0.29, 0.717) is 29.3 Å². The van der Waals surface area contributed by atoms with Gasteiger partial charge in [0.2, 0.25) is 0 Å². The van der Waals surface area contributed by atoms with Crippen LogP contribution in [0, 0.1) is 6.92 Å². The van der Waals surface area contributed by atoms with Gasteiger partial charge in [0.25, 0.3) is 5.91 Å². The molecule has 32 heavy (non-hydrogen) atoms. The highest BCUT2D eigenvalue weighted by Gasteiger charge is 2.25. The van der Waals surface area contributed by atoms with Gasteiger partial charge in [0.1, 0.15) is 17.0 Å². The lowest BCUT2D eigenvalue weighted by molar-refractivity contribution is 0.100. The first kappa shape index (κ1) is 20.1. The lowest BCUT2D eigenvalue weighted by Gasteiger charge is -2.29. The Morgan fingerprint density at radius 1 is 1.16 bits per heavy atom. The molecule has 7 nitrogen and oxygen atoms in total. The van der Waals surface area contributed by atoms with Crippen molar-refractivity contribution in [2.45, 2.75) is 26.3 Å². The van der Waals surface area contributed by atoms with E-state index in [4.69, 9.17) is 20.1 Å². The zero-order valence-electron chi connectivity index (χ0n) is 18.2. The van der Waals surface area contributed by atoms with E-state index >= 15 is 0 Å². The normalized spacial score (nSPS) is 13.2.